The highest BCUT2D eigenvalue weighted by molar-refractivity contribution is 6.32. The maximum Gasteiger partial charge on any atom is 0.335 e. The van der Waals surface area contributed by atoms with Gasteiger partial charge in [0.2, 0.25) is 0 Å². The lowest BCUT2D eigenvalue weighted by Gasteiger charge is -2.15. The summed E-state index contributed by atoms with van der Waals surface area (Å²) in [6.45, 7) is 2.34. The average molecular weight is 495 g/mol. The number of carbonyl (C=O) groups is 3. The first-order valence-corrected chi connectivity index (χ1v) is 11.8. The summed E-state index contributed by atoms with van der Waals surface area (Å²) in [4.78, 5) is 36.7. The number of ether oxygens (including phenoxy) is 2. The van der Waals surface area contributed by atoms with E-state index < -0.39 is 5.97 Å². The first kappa shape index (κ1) is 23.1. The number of carboxylic acids is 1. The highest BCUT2D eigenvalue weighted by Crippen LogP contribution is 2.52. The number of amides is 2. The molecule has 180 valence electrons. The molecule has 1 aliphatic heterocycles. The minimum Gasteiger partial charge on any atom is -0.490 e. The maximum atomic E-state index is 12.8. The average Bonchev–Trinajstić information content (AvgIpc) is 3.52. The summed E-state index contributed by atoms with van der Waals surface area (Å²) in [6.07, 6.45) is 6.37. The summed E-state index contributed by atoms with van der Waals surface area (Å²) in [5, 5.41) is 14.5. The summed E-state index contributed by atoms with van der Waals surface area (Å²) in [6, 6.07) is 9.64. The predicted molar refractivity (Wildman–Crippen MR) is 128 cm³/mol. The van der Waals surface area contributed by atoms with E-state index in [0.717, 1.165) is 17.0 Å². The molecule has 0 unspecified atom stereocenters. The number of allylic oxidation sites excluding steroid dienone is 2. The monoisotopic (exact) mass is 494 g/mol. The van der Waals surface area contributed by atoms with E-state index >= 15 is 0 Å². The lowest BCUT2D eigenvalue weighted by molar-refractivity contribution is -0.140. The van der Waals surface area contributed by atoms with Gasteiger partial charge >= 0.3 is 5.97 Å². The van der Waals surface area contributed by atoms with Crippen LogP contribution in [-0.2, 0) is 16.2 Å². The molecule has 4 atom stereocenters. The molecule has 2 fully saturated rings. The van der Waals surface area contributed by atoms with Gasteiger partial charge in [-0.2, -0.15) is 10.1 Å². The van der Waals surface area contributed by atoms with Crippen LogP contribution in [0.2, 0.25) is 5.02 Å². The third kappa shape index (κ3) is 4.18. The molecule has 5 rings (SSSR count). The van der Waals surface area contributed by atoms with Crippen molar-refractivity contribution in [2.75, 3.05) is 6.61 Å². The molecular weight excluding hydrogens is 472 g/mol. The number of carbonyl (C=O) groups excluding carboxylic acids is 2. The number of benzene rings is 2. The second-order valence-electron chi connectivity index (χ2n) is 8.79. The summed E-state index contributed by atoms with van der Waals surface area (Å²) in [5.74, 6) is -1.15. The van der Waals surface area contributed by atoms with Gasteiger partial charge in [-0.1, -0.05) is 35.9 Å². The van der Waals surface area contributed by atoms with Crippen molar-refractivity contribution in [3.05, 3.63) is 70.3 Å². The number of carboxylic acid groups (broad SMARTS) is 1. The fraction of sp³-hybridized carbons (Fsp3) is 0.308. The maximum absolute atomic E-state index is 12.8. The van der Waals surface area contributed by atoms with E-state index in [-0.39, 0.29) is 52.7 Å². The summed E-state index contributed by atoms with van der Waals surface area (Å²) in [5.41, 5.74) is 1.50. The molecule has 0 radical (unpaired) electrons. The van der Waals surface area contributed by atoms with Crippen molar-refractivity contribution in [3.8, 4) is 11.5 Å². The number of rotatable bonds is 8. The molecule has 1 saturated carbocycles. The van der Waals surface area contributed by atoms with Crippen LogP contribution in [0.15, 0.2) is 53.7 Å². The molecule has 1 N–H and O–H groups in total. The number of hydrogen-bond acceptors (Lipinski definition) is 6. The molecular formula is C26H23ClN2O6. The van der Waals surface area contributed by atoms with Gasteiger partial charge in [0.1, 0.15) is 6.61 Å². The molecule has 35 heavy (non-hydrogen) atoms. The molecule has 3 aliphatic rings. The van der Waals surface area contributed by atoms with E-state index in [9.17, 15) is 14.4 Å². The normalized spacial score (nSPS) is 24.5. The Balaban J connectivity index is 1.32. The molecule has 0 aromatic heterocycles. The van der Waals surface area contributed by atoms with Crippen molar-refractivity contribution in [2.24, 2.45) is 28.8 Å². The van der Waals surface area contributed by atoms with E-state index in [1.54, 1.807) is 24.3 Å². The van der Waals surface area contributed by atoms with Crippen molar-refractivity contribution < 1.29 is 29.0 Å². The van der Waals surface area contributed by atoms with Crippen LogP contribution >= 0.6 is 11.6 Å². The molecule has 2 amide bonds. The Labute approximate surface area is 206 Å². The second-order valence-corrected chi connectivity index (χ2v) is 9.19. The van der Waals surface area contributed by atoms with Gasteiger partial charge in [-0.25, -0.2) is 4.79 Å². The molecule has 2 bridgehead atoms. The zero-order valence-electron chi connectivity index (χ0n) is 18.9. The fourth-order valence-corrected chi connectivity index (χ4v) is 5.36. The van der Waals surface area contributed by atoms with Crippen molar-refractivity contribution in [1.82, 2.24) is 5.01 Å². The molecule has 8 nitrogen and oxygen atoms in total. The lowest BCUT2D eigenvalue weighted by Crippen LogP contribution is -2.28. The van der Waals surface area contributed by atoms with Gasteiger partial charge in [0.15, 0.2) is 11.5 Å². The Bertz CT molecular complexity index is 1230. The Morgan fingerprint density at radius 2 is 1.77 bits per heavy atom. The van der Waals surface area contributed by atoms with E-state index in [0.29, 0.717) is 23.7 Å². The molecule has 2 aliphatic carbocycles. The van der Waals surface area contributed by atoms with Crippen molar-refractivity contribution in [3.63, 3.8) is 0 Å². The number of fused-ring (bicyclic) bond motifs is 5. The number of hydrazone groups is 1. The molecule has 1 saturated heterocycles. The quantitative estimate of drug-likeness (QED) is 0.335. The van der Waals surface area contributed by atoms with Crippen LogP contribution in [0.4, 0.5) is 0 Å². The van der Waals surface area contributed by atoms with E-state index in [1.807, 2.05) is 19.1 Å². The van der Waals surface area contributed by atoms with Crippen LogP contribution in [0.3, 0.4) is 0 Å². The largest absolute Gasteiger partial charge is 0.490 e. The number of imide groups is 1. The zero-order valence-corrected chi connectivity index (χ0v) is 19.6. The molecule has 1 heterocycles. The zero-order chi connectivity index (χ0) is 24.7. The van der Waals surface area contributed by atoms with Crippen molar-refractivity contribution in [1.29, 1.82) is 0 Å². The van der Waals surface area contributed by atoms with Gasteiger partial charge in [-0.05, 0) is 60.6 Å². The summed E-state index contributed by atoms with van der Waals surface area (Å²) >= 11 is 6.48. The van der Waals surface area contributed by atoms with Gasteiger partial charge in [-0.15, -0.1) is 0 Å². The van der Waals surface area contributed by atoms with Crippen LogP contribution in [0.1, 0.15) is 34.8 Å². The number of halogens is 1. The van der Waals surface area contributed by atoms with Crippen LogP contribution < -0.4 is 9.47 Å². The molecule has 2 aromatic carbocycles. The highest BCUT2D eigenvalue weighted by Gasteiger charge is 2.59. The Morgan fingerprint density at radius 3 is 2.37 bits per heavy atom. The minimum atomic E-state index is -0.999. The number of aromatic carboxylic acids is 1. The predicted octanol–water partition coefficient (Wildman–Crippen LogP) is 4.16. The first-order valence-electron chi connectivity index (χ1n) is 11.4. The number of nitrogens with zero attached hydrogens (tertiary/aromatic N) is 2. The highest BCUT2D eigenvalue weighted by atomic mass is 35.5. The lowest BCUT2D eigenvalue weighted by atomic mass is 9.85. The minimum absolute atomic E-state index is 0.123. The summed E-state index contributed by atoms with van der Waals surface area (Å²) < 4.78 is 11.6. The van der Waals surface area contributed by atoms with E-state index in [1.165, 1.54) is 18.3 Å². The Kier molecular flexibility index (Phi) is 6.06. The van der Waals surface area contributed by atoms with Gasteiger partial charge in [0.05, 0.1) is 35.2 Å². The topological polar surface area (TPSA) is 106 Å². The Hall–Kier alpha value is -3.65. The summed E-state index contributed by atoms with van der Waals surface area (Å²) in [7, 11) is 0. The van der Waals surface area contributed by atoms with Crippen LogP contribution in [0.5, 0.6) is 11.5 Å². The van der Waals surface area contributed by atoms with Gasteiger partial charge < -0.3 is 14.6 Å². The Morgan fingerprint density at radius 1 is 1.11 bits per heavy atom. The van der Waals surface area contributed by atoms with Crippen LogP contribution in [-0.4, -0.2) is 40.7 Å². The third-order valence-corrected chi connectivity index (χ3v) is 6.97. The van der Waals surface area contributed by atoms with Gasteiger partial charge in [-0.3, -0.25) is 9.59 Å². The van der Waals surface area contributed by atoms with Crippen molar-refractivity contribution in [2.45, 2.75) is 20.0 Å². The van der Waals surface area contributed by atoms with Crippen molar-refractivity contribution >= 4 is 35.6 Å². The molecule has 2 aromatic rings. The first-order chi connectivity index (χ1) is 16.9. The second kappa shape index (κ2) is 9.19. The fourth-order valence-electron chi connectivity index (χ4n) is 5.09. The van der Waals surface area contributed by atoms with E-state index in [4.69, 9.17) is 26.2 Å². The number of hydrogen-bond donors (Lipinski definition) is 1. The van der Waals surface area contributed by atoms with E-state index in [2.05, 4.69) is 5.10 Å². The van der Waals surface area contributed by atoms with Gasteiger partial charge in [0.25, 0.3) is 11.8 Å². The van der Waals surface area contributed by atoms with Gasteiger partial charge in [0, 0.05) is 0 Å². The standard InChI is InChI=1S/C26H23ClN2O6/c1-2-34-20-10-15(9-19(27)23(20)35-13-14-3-5-16(6-4-14)26(32)33)12-28-29-24(30)21-17-7-8-18(11-17)22(21)25(29)31/h3-10,12,17-18,21-22H,2,11,13H2,1H3,(H,32,33)/t17-,18-,21-,22+/m0/s1. The SMILES string of the molecule is CCOc1cc(C=NN2C(=O)[C@@H]3[C@H](C2=O)[C@H]2C=C[C@H]3C2)cc(Cl)c1OCc1ccc(C(=O)O)cc1. The third-order valence-electron chi connectivity index (χ3n) is 6.69. The molecule has 9 heteroatoms. The van der Waals surface area contributed by atoms with Crippen LogP contribution in [0.25, 0.3) is 0 Å². The molecule has 0 spiro atoms. The smallest absolute Gasteiger partial charge is 0.335 e. The van der Waals surface area contributed by atoms with Crippen LogP contribution in [0, 0.1) is 23.7 Å².